The van der Waals surface area contributed by atoms with Crippen molar-refractivity contribution in [3.8, 4) is 0 Å². The third-order valence-electron chi connectivity index (χ3n) is 6.17. The van der Waals surface area contributed by atoms with E-state index in [1.54, 1.807) is 0 Å². The number of hydrogen-bond acceptors (Lipinski definition) is 2. The molecule has 2 heteroatoms. The van der Waals surface area contributed by atoms with Gasteiger partial charge in [0.1, 0.15) is 6.10 Å². The summed E-state index contributed by atoms with van der Waals surface area (Å²) in [4.78, 5) is 12.2. The van der Waals surface area contributed by atoms with Crippen LogP contribution >= 0.6 is 0 Å². The van der Waals surface area contributed by atoms with Crippen molar-refractivity contribution in [3.63, 3.8) is 0 Å². The first-order valence-corrected chi connectivity index (χ1v) is 10.0. The molecule has 3 rings (SSSR count). The highest BCUT2D eigenvalue weighted by Gasteiger charge is 2.36. The molecule has 0 radical (unpaired) electrons. The van der Waals surface area contributed by atoms with Gasteiger partial charge in [-0.25, -0.2) is 4.79 Å². The van der Waals surface area contributed by atoms with E-state index in [0.29, 0.717) is 5.56 Å². The zero-order chi connectivity index (χ0) is 16.8. The van der Waals surface area contributed by atoms with Crippen molar-refractivity contribution in [2.45, 2.75) is 77.2 Å². The van der Waals surface area contributed by atoms with E-state index in [4.69, 9.17) is 4.74 Å². The molecular formula is C22H32O2. The summed E-state index contributed by atoms with van der Waals surface area (Å²) in [5, 5.41) is 0. The average molecular weight is 328 g/mol. The molecule has 1 aromatic carbocycles. The number of esters is 1. The van der Waals surface area contributed by atoms with Crippen molar-refractivity contribution < 1.29 is 9.53 Å². The van der Waals surface area contributed by atoms with Gasteiger partial charge in [-0.15, -0.1) is 0 Å². The highest BCUT2D eigenvalue weighted by Crippen LogP contribution is 2.44. The van der Waals surface area contributed by atoms with Gasteiger partial charge in [0.2, 0.25) is 0 Å². The molecule has 2 saturated carbocycles. The van der Waals surface area contributed by atoms with Gasteiger partial charge in [0.25, 0.3) is 0 Å². The summed E-state index contributed by atoms with van der Waals surface area (Å²) in [6, 6.07) is 9.41. The molecule has 0 amide bonds. The maximum atomic E-state index is 12.2. The number of carbonyl (C=O) groups is 1. The van der Waals surface area contributed by atoms with E-state index >= 15 is 0 Å². The largest absolute Gasteiger partial charge is 0.459 e. The minimum absolute atomic E-state index is 0.135. The van der Waals surface area contributed by atoms with Crippen LogP contribution in [0.5, 0.6) is 0 Å². The van der Waals surface area contributed by atoms with Gasteiger partial charge >= 0.3 is 5.97 Å². The number of ether oxygens (including phenoxy) is 1. The maximum Gasteiger partial charge on any atom is 0.338 e. The van der Waals surface area contributed by atoms with E-state index in [-0.39, 0.29) is 12.1 Å². The van der Waals surface area contributed by atoms with Crippen LogP contribution in [0.4, 0.5) is 0 Å². The predicted molar refractivity (Wildman–Crippen MR) is 98.0 cm³/mol. The molecule has 0 spiro atoms. The molecule has 1 aromatic rings. The minimum atomic E-state index is -0.146. The summed E-state index contributed by atoms with van der Waals surface area (Å²) < 4.78 is 5.79. The molecule has 0 N–H and O–H groups in total. The fraction of sp³-hybridized carbons (Fsp3) is 0.682. The molecular weight excluding hydrogens is 296 g/mol. The molecule has 2 nitrogen and oxygen atoms in total. The Bertz CT molecular complexity index is 510. The SMILES string of the molecule is CCCCCC1CCC2CC(OC(=O)c3ccccc3)CCC2C1. The first-order valence-electron chi connectivity index (χ1n) is 10.0. The van der Waals surface area contributed by atoms with Crippen LogP contribution in [0.1, 0.15) is 81.5 Å². The first kappa shape index (κ1) is 17.5. The monoisotopic (exact) mass is 328 g/mol. The quantitative estimate of drug-likeness (QED) is 0.472. The number of fused-ring (bicyclic) bond motifs is 1. The van der Waals surface area contributed by atoms with E-state index in [0.717, 1.165) is 30.6 Å². The number of unbranched alkanes of at least 4 members (excludes halogenated alkanes) is 2. The van der Waals surface area contributed by atoms with Crippen LogP contribution < -0.4 is 0 Å². The Balaban J connectivity index is 1.45. The second-order valence-corrected chi connectivity index (χ2v) is 7.90. The summed E-state index contributed by atoms with van der Waals surface area (Å²) >= 11 is 0. The summed E-state index contributed by atoms with van der Waals surface area (Å²) in [7, 11) is 0. The van der Waals surface area contributed by atoms with Crippen LogP contribution in [-0.4, -0.2) is 12.1 Å². The van der Waals surface area contributed by atoms with Crippen molar-refractivity contribution in [2.75, 3.05) is 0 Å². The molecule has 4 unspecified atom stereocenters. The number of carbonyl (C=O) groups excluding carboxylic acids is 1. The fourth-order valence-corrected chi connectivity index (χ4v) is 4.79. The lowest BCUT2D eigenvalue weighted by molar-refractivity contribution is -0.00628. The summed E-state index contributed by atoms with van der Waals surface area (Å²) in [5.41, 5.74) is 0.680. The van der Waals surface area contributed by atoms with E-state index in [1.807, 2.05) is 30.3 Å². The zero-order valence-corrected chi connectivity index (χ0v) is 15.1. The molecule has 0 heterocycles. The Kier molecular flexibility index (Phi) is 6.34. The molecule has 2 aliphatic carbocycles. The van der Waals surface area contributed by atoms with Crippen molar-refractivity contribution in [3.05, 3.63) is 35.9 Å². The predicted octanol–water partition coefficient (Wildman–Crippen LogP) is 6.01. The molecule has 0 bridgehead atoms. The third-order valence-corrected chi connectivity index (χ3v) is 6.17. The highest BCUT2D eigenvalue weighted by molar-refractivity contribution is 5.89. The van der Waals surface area contributed by atoms with Gasteiger partial charge in [-0.3, -0.25) is 0 Å². The van der Waals surface area contributed by atoms with Crippen LogP contribution in [0, 0.1) is 17.8 Å². The van der Waals surface area contributed by atoms with Gasteiger partial charge in [-0.05, 0) is 62.0 Å². The van der Waals surface area contributed by atoms with E-state index in [2.05, 4.69) is 6.92 Å². The summed E-state index contributed by atoms with van der Waals surface area (Å²) in [5.74, 6) is 2.49. The van der Waals surface area contributed by atoms with Gasteiger partial charge in [0.05, 0.1) is 5.56 Å². The molecule has 132 valence electrons. The lowest BCUT2D eigenvalue weighted by atomic mass is 9.66. The minimum Gasteiger partial charge on any atom is -0.459 e. The molecule has 4 atom stereocenters. The second-order valence-electron chi connectivity index (χ2n) is 7.90. The molecule has 2 aliphatic rings. The van der Waals surface area contributed by atoms with Crippen molar-refractivity contribution in [2.24, 2.45) is 17.8 Å². The van der Waals surface area contributed by atoms with Crippen LogP contribution in [-0.2, 0) is 4.74 Å². The zero-order valence-electron chi connectivity index (χ0n) is 15.1. The Morgan fingerprint density at radius 1 is 1.00 bits per heavy atom. The normalized spacial score (nSPS) is 29.7. The lowest BCUT2D eigenvalue weighted by Crippen LogP contribution is -2.35. The number of rotatable bonds is 6. The van der Waals surface area contributed by atoms with E-state index < -0.39 is 0 Å². The van der Waals surface area contributed by atoms with Gasteiger partial charge < -0.3 is 4.74 Å². The van der Waals surface area contributed by atoms with Crippen molar-refractivity contribution in [1.82, 2.24) is 0 Å². The lowest BCUT2D eigenvalue weighted by Gasteiger charge is -2.42. The van der Waals surface area contributed by atoms with Gasteiger partial charge in [0.15, 0.2) is 0 Å². The summed E-state index contributed by atoms with van der Waals surface area (Å²) in [6.07, 6.45) is 13.3. The Morgan fingerprint density at radius 2 is 1.75 bits per heavy atom. The maximum absolute atomic E-state index is 12.2. The van der Waals surface area contributed by atoms with Crippen LogP contribution in [0.2, 0.25) is 0 Å². The van der Waals surface area contributed by atoms with E-state index in [9.17, 15) is 4.79 Å². The summed E-state index contributed by atoms with van der Waals surface area (Å²) in [6.45, 7) is 2.29. The standard InChI is InChI=1S/C22H32O2/c1-2-3-5-8-17-11-12-20-16-21(14-13-19(20)15-17)24-22(23)18-9-6-4-7-10-18/h4,6-7,9-10,17,19-21H,2-3,5,8,11-16H2,1H3. The fourth-order valence-electron chi connectivity index (χ4n) is 4.79. The number of hydrogen-bond donors (Lipinski definition) is 0. The third kappa shape index (κ3) is 4.62. The molecule has 0 saturated heterocycles. The van der Waals surface area contributed by atoms with Gasteiger partial charge in [-0.1, -0.05) is 57.2 Å². The van der Waals surface area contributed by atoms with Crippen molar-refractivity contribution in [1.29, 1.82) is 0 Å². The Hall–Kier alpha value is -1.31. The first-order chi connectivity index (χ1) is 11.8. The van der Waals surface area contributed by atoms with Gasteiger partial charge in [-0.2, -0.15) is 0 Å². The Morgan fingerprint density at radius 3 is 2.54 bits per heavy atom. The number of benzene rings is 1. The second kappa shape index (κ2) is 8.69. The molecule has 0 aromatic heterocycles. The average Bonchev–Trinajstić information content (AvgIpc) is 2.62. The molecule has 0 aliphatic heterocycles. The molecule has 24 heavy (non-hydrogen) atoms. The van der Waals surface area contributed by atoms with E-state index in [1.165, 1.54) is 51.4 Å². The highest BCUT2D eigenvalue weighted by atomic mass is 16.5. The Labute approximate surface area is 147 Å². The van der Waals surface area contributed by atoms with Gasteiger partial charge in [0, 0.05) is 0 Å². The van der Waals surface area contributed by atoms with Crippen LogP contribution in [0.3, 0.4) is 0 Å². The topological polar surface area (TPSA) is 26.3 Å². The smallest absolute Gasteiger partial charge is 0.338 e. The van der Waals surface area contributed by atoms with Crippen LogP contribution in [0.25, 0.3) is 0 Å². The van der Waals surface area contributed by atoms with Crippen molar-refractivity contribution >= 4 is 5.97 Å². The molecule has 2 fully saturated rings. The van der Waals surface area contributed by atoms with Crippen LogP contribution in [0.15, 0.2) is 30.3 Å².